The van der Waals surface area contributed by atoms with Gasteiger partial charge in [0.25, 0.3) is 0 Å². The zero-order valence-corrected chi connectivity index (χ0v) is 4.03. The van der Waals surface area contributed by atoms with Gasteiger partial charge in [-0.25, -0.2) is 4.79 Å². The van der Waals surface area contributed by atoms with E-state index in [1.165, 1.54) is 6.08 Å². The lowest BCUT2D eigenvalue weighted by molar-refractivity contribution is 0.137. The van der Waals surface area contributed by atoms with Crippen molar-refractivity contribution >= 4 is 6.16 Å². The highest BCUT2D eigenvalue weighted by Gasteiger charge is 1.70. The van der Waals surface area contributed by atoms with E-state index in [1.807, 2.05) is 0 Å². The maximum Gasteiger partial charge on any atom is 0.503 e. The van der Waals surface area contributed by atoms with E-state index in [0.29, 0.717) is 0 Å². The monoisotopic (exact) mass is 115 g/mol. The molecule has 0 bridgehead atoms. The molecule has 2 N–H and O–H groups in total. The van der Waals surface area contributed by atoms with Gasteiger partial charge in [0, 0.05) is 6.08 Å². The number of rotatable bonds is 0. The van der Waals surface area contributed by atoms with Crippen molar-refractivity contribution in [2.75, 3.05) is 0 Å². The molecule has 0 saturated carbocycles. The SMILES string of the molecule is C=CC#N.O=C(O)O. The van der Waals surface area contributed by atoms with Crippen LogP contribution in [0.4, 0.5) is 4.79 Å². The van der Waals surface area contributed by atoms with Crippen molar-refractivity contribution in [3.63, 3.8) is 0 Å². The Hall–Kier alpha value is -1.50. The summed E-state index contributed by atoms with van der Waals surface area (Å²) in [5.41, 5.74) is 0. The summed E-state index contributed by atoms with van der Waals surface area (Å²) >= 11 is 0. The topological polar surface area (TPSA) is 81.3 Å². The highest BCUT2D eigenvalue weighted by atomic mass is 16.6. The van der Waals surface area contributed by atoms with Crippen molar-refractivity contribution < 1.29 is 15.0 Å². The summed E-state index contributed by atoms with van der Waals surface area (Å²) in [4.78, 5) is 8.56. The molecule has 0 spiro atoms. The second-order valence-electron chi connectivity index (χ2n) is 0.616. The number of allylic oxidation sites excluding steroid dienone is 1. The minimum Gasteiger partial charge on any atom is -0.450 e. The van der Waals surface area contributed by atoms with Crippen molar-refractivity contribution in [3.8, 4) is 6.07 Å². The van der Waals surface area contributed by atoms with Crippen molar-refractivity contribution in [2.45, 2.75) is 0 Å². The molecule has 0 atom stereocenters. The minimum atomic E-state index is -1.83. The molecule has 0 rings (SSSR count). The third-order valence-corrected chi connectivity index (χ3v) is 0.0913. The van der Waals surface area contributed by atoms with Crippen LogP contribution in [-0.4, -0.2) is 16.4 Å². The third kappa shape index (κ3) is 220. The lowest BCUT2D eigenvalue weighted by Crippen LogP contribution is -1.81. The lowest BCUT2D eigenvalue weighted by Gasteiger charge is -1.60. The van der Waals surface area contributed by atoms with Crippen molar-refractivity contribution in [1.29, 1.82) is 5.26 Å². The molecular formula is C4H5NO3. The molecule has 0 radical (unpaired) electrons. The number of nitriles is 1. The molecule has 0 heterocycles. The Kier molecular flexibility index (Phi) is 11.0. The van der Waals surface area contributed by atoms with Crippen molar-refractivity contribution in [1.82, 2.24) is 0 Å². The van der Waals surface area contributed by atoms with E-state index in [1.54, 1.807) is 6.07 Å². The molecule has 4 heteroatoms. The van der Waals surface area contributed by atoms with Crippen LogP contribution in [-0.2, 0) is 0 Å². The summed E-state index contributed by atoms with van der Waals surface area (Å²) in [7, 11) is 0. The molecule has 44 valence electrons. The summed E-state index contributed by atoms with van der Waals surface area (Å²) in [5, 5.41) is 21.5. The van der Waals surface area contributed by atoms with E-state index in [-0.39, 0.29) is 0 Å². The van der Waals surface area contributed by atoms with Crippen LogP contribution in [0.15, 0.2) is 12.7 Å². The van der Waals surface area contributed by atoms with Crippen LogP contribution < -0.4 is 0 Å². The molecule has 0 aromatic carbocycles. The van der Waals surface area contributed by atoms with Crippen LogP contribution in [0.5, 0.6) is 0 Å². The zero-order chi connectivity index (χ0) is 6.99. The molecule has 8 heavy (non-hydrogen) atoms. The van der Waals surface area contributed by atoms with Crippen molar-refractivity contribution in [2.24, 2.45) is 0 Å². The number of hydrogen-bond donors (Lipinski definition) is 2. The van der Waals surface area contributed by atoms with Gasteiger partial charge < -0.3 is 10.2 Å². The van der Waals surface area contributed by atoms with Crippen molar-refractivity contribution in [3.05, 3.63) is 12.7 Å². The standard InChI is InChI=1S/C3H3N.CH2O3/c1-2-3-4;2-1(3)4/h2H,1H2;(H2,2,3,4). The first-order chi connectivity index (χ1) is 3.65. The second kappa shape index (κ2) is 9.09. The smallest absolute Gasteiger partial charge is 0.450 e. The van der Waals surface area contributed by atoms with Gasteiger partial charge >= 0.3 is 6.16 Å². The third-order valence-electron chi connectivity index (χ3n) is 0.0913. The Labute approximate surface area is 46.3 Å². The molecule has 0 amide bonds. The van der Waals surface area contributed by atoms with E-state index < -0.39 is 6.16 Å². The number of carbonyl (C=O) groups is 1. The summed E-state index contributed by atoms with van der Waals surface area (Å²) < 4.78 is 0. The Balaban J connectivity index is 0. The average Bonchev–Trinajstić information content (AvgIpc) is 1.65. The van der Waals surface area contributed by atoms with Gasteiger partial charge in [0.05, 0.1) is 6.07 Å². The summed E-state index contributed by atoms with van der Waals surface area (Å²) in [6.07, 6.45) is -0.653. The highest BCUT2D eigenvalue weighted by molar-refractivity contribution is 5.53. The highest BCUT2D eigenvalue weighted by Crippen LogP contribution is 1.42. The molecule has 0 aliphatic heterocycles. The van der Waals surface area contributed by atoms with Gasteiger partial charge in [-0.2, -0.15) is 5.26 Å². The fourth-order valence-electron chi connectivity index (χ4n) is 0. The molecule has 0 aliphatic rings. The first-order valence-electron chi connectivity index (χ1n) is 1.57. The maximum atomic E-state index is 8.56. The van der Waals surface area contributed by atoms with Gasteiger partial charge in [0.1, 0.15) is 0 Å². The molecular weight excluding hydrogens is 110 g/mol. The Bertz CT molecular complexity index is 109. The fourth-order valence-corrected chi connectivity index (χ4v) is 0. The first-order valence-corrected chi connectivity index (χ1v) is 1.57. The van der Waals surface area contributed by atoms with Crippen LogP contribution in [0.3, 0.4) is 0 Å². The predicted molar refractivity (Wildman–Crippen MR) is 26.5 cm³/mol. The summed E-state index contributed by atoms with van der Waals surface area (Å²) in [6, 6.07) is 1.69. The average molecular weight is 115 g/mol. The van der Waals surface area contributed by atoms with Crippen LogP contribution in [0.1, 0.15) is 0 Å². The number of carboxylic acid groups (broad SMARTS) is 2. The normalized spacial score (nSPS) is 4.88. The van der Waals surface area contributed by atoms with E-state index >= 15 is 0 Å². The van der Waals surface area contributed by atoms with Gasteiger partial charge in [0.15, 0.2) is 0 Å². The van der Waals surface area contributed by atoms with Gasteiger partial charge in [-0.05, 0) is 0 Å². The molecule has 0 aliphatic carbocycles. The van der Waals surface area contributed by atoms with Gasteiger partial charge in [-0.3, -0.25) is 0 Å². The predicted octanol–water partition coefficient (Wildman–Crippen LogP) is 0.918. The van der Waals surface area contributed by atoms with Gasteiger partial charge in [-0.15, -0.1) is 0 Å². The first kappa shape index (κ1) is 9.71. The lowest BCUT2D eigenvalue weighted by atomic mass is 10.8. The quantitative estimate of drug-likeness (QED) is 0.460. The zero-order valence-electron chi connectivity index (χ0n) is 4.03. The van der Waals surface area contributed by atoms with Gasteiger partial charge in [-0.1, -0.05) is 6.58 Å². The molecule has 0 aromatic heterocycles. The molecule has 0 unspecified atom stereocenters. The van der Waals surface area contributed by atoms with E-state index in [0.717, 1.165) is 0 Å². The van der Waals surface area contributed by atoms with Gasteiger partial charge in [0.2, 0.25) is 0 Å². The van der Waals surface area contributed by atoms with Crippen LogP contribution in [0.25, 0.3) is 0 Å². The molecule has 0 saturated heterocycles. The van der Waals surface area contributed by atoms with Crippen LogP contribution >= 0.6 is 0 Å². The van der Waals surface area contributed by atoms with E-state index in [4.69, 9.17) is 20.3 Å². The number of hydrogen-bond acceptors (Lipinski definition) is 2. The van der Waals surface area contributed by atoms with Crippen LogP contribution in [0, 0.1) is 11.3 Å². The summed E-state index contributed by atoms with van der Waals surface area (Å²) in [5.74, 6) is 0. The second-order valence-corrected chi connectivity index (χ2v) is 0.616. The molecule has 0 aromatic rings. The summed E-state index contributed by atoms with van der Waals surface area (Å²) in [6.45, 7) is 3.12. The Morgan fingerprint density at radius 2 is 1.88 bits per heavy atom. The molecule has 4 nitrogen and oxygen atoms in total. The Morgan fingerprint density at radius 3 is 1.88 bits per heavy atom. The van der Waals surface area contributed by atoms with E-state index in [2.05, 4.69) is 6.58 Å². The van der Waals surface area contributed by atoms with E-state index in [9.17, 15) is 0 Å². The minimum absolute atomic E-state index is 1.18. The molecule has 0 fully saturated rings. The maximum absolute atomic E-state index is 8.56. The largest absolute Gasteiger partial charge is 0.503 e. The Morgan fingerprint density at radius 1 is 1.75 bits per heavy atom. The fraction of sp³-hybridized carbons (Fsp3) is 0. The van der Waals surface area contributed by atoms with Crippen LogP contribution in [0.2, 0.25) is 0 Å². The number of nitrogens with zero attached hydrogens (tertiary/aromatic N) is 1.